The number of carboxylic acid groups (broad SMARTS) is 1. The number of nitrogens with zero attached hydrogens (tertiary/aromatic N) is 1. The summed E-state index contributed by atoms with van der Waals surface area (Å²) in [4.78, 5) is 12.8. The Morgan fingerprint density at radius 1 is 1.40 bits per heavy atom. The molecule has 0 spiro atoms. The Bertz CT molecular complexity index is 513. The molecule has 20 heavy (non-hydrogen) atoms. The predicted octanol–water partition coefficient (Wildman–Crippen LogP) is 4.06. The number of aliphatic carboxylic acids is 1. The van der Waals surface area contributed by atoms with Crippen LogP contribution in [0, 0.1) is 5.92 Å². The van der Waals surface area contributed by atoms with E-state index < -0.39 is 5.97 Å². The lowest BCUT2D eigenvalue weighted by Gasteiger charge is -2.24. The third-order valence-corrected chi connectivity index (χ3v) is 4.05. The van der Waals surface area contributed by atoms with Crippen molar-refractivity contribution in [3.63, 3.8) is 0 Å². The van der Waals surface area contributed by atoms with Crippen LogP contribution in [0.3, 0.4) is 0 Å². The molecule has 0 aromatic heterocycles. The molecule has 0 saturated carbocycles. The number of carbonyl (C=O) groups is 1. The Morgan fingerprint density at radius 3 is 2.90 bits per heavy atom. The molecule has 0 amide bonds. The zero-order valence-electron chi connectivity index (χ0n) is 11.7. The summed E-state index contributed by atoms with van der Waals surface area (Å²) in [5, 5.41) is 9.32. The van der Waals surface area contributed by atoms with Crippen LogP contribution < -0.4 is 4.90 Å². The molecule has 1 aliphatic rings. The van der Waals surface area contributed by atoms with Gasteiger partial charge in [0.05, 0.1) is 10.7 Å². The fraction of sp³-hybridized carbons (Fsp3) is 0.438. The second kappa shape index (κ2) is 6.80. The lowest BCUT2D eigenvalue weighted by atomic mass is 10.0. The normalized spacial score (nSPS) is 20.1. The number of carboxylic acids is 1. The number of hydrogen-bond donors (Lipinski definition) is 1. The van der Waals surface area contributed by atoms with Gasteiger partial charge in [-0.1, -0.05) is 24.6 Å². The molecular weight excluding hydrogens is 274 g/mol. The Balaban J connectivity index is 2.14. The van der Waals surface area contributed by atoms with Gasteiger partial charge in [0.15, 0.2) is 0 Å². The van der Waals surface area contributed by atoms with E-state index in [1.165, 1.54) is 19.3 Å². The summed E-state index contributed by atoms with van der Waals surface area (Å²) in [5.41, 5.74) is 1.86. The van der Waals surface area contributed by atoms with Crippen molar-refractivity contribution >= 4 is 29.3 Å². The molecule has 1 aliphatic heterocycles. The molecule has 1 N–H and O–H groups in total. The van der Waals surface area contributed by atoms with Gasteiger partial charge in [0.2, 0.25) is 0 Å². The van der Waals surface area contributed by atoms with Crippen LogP contribution in [0.4, 0.5) is 5.69 Å². The van der Waals surface area contributed by atoms with Gasteiger partial charge in [-0.3, -0.25) is 0 Å². The molecule has 0 bridgehead atoms. The van der Waals surface area contributed by atoms with Gasteiger partial charge in [-0.2, -0.15) is 0 Å². The second-order valence-corrected chi connectivity index (χ2v) is 5.81. The van der Waals surface area contributed by atoms with Crippen LogP contribution in [0.25, 0.3) is 6.08 Å². The van der Waals surface area contributed by atoms with Crippen molar-refractivity contribution in [2.75, 3.05) is 18.0 Å². The van der Waals surface area contributed by atoms with Crippen molar-refractivity contribution in [1.29, 1.82) is 0 Å². The fourth-order valence-corrected chi connectivity index (χ4v) is 2.86. The minimum atomic E-state index is -0.952. The van der Waals surface area contributed by atoms with Gasteiger partial charge in [0.1, 0.15) is 0 Å². The van der Waals surface area contributed by atoms with Gasteiger partial charge in [-0.05, 0) is 49.0 Å². The van der Waals surface area contributed by atoms with Crippen LogP contribution in [0.2, 0.25) is 5.02 Å². The highest BCUT2D eigenvalue weighted by molar-refractivity contribution is 6.33. The summed E-state index contributed by atoms with van der Waals surface area (Å²) >= 11 is 6.34. The molecule has 1 saturated heterocycles. The quantitative estimate of drug-likeness (QED) is 0.854. The van der Waals surface area contributed by atoms with Crippen molar-refractivity contribution in [1.82, 2.24) is 0 Å². The van der Waals surface area contributed by atoms with Crippen LogP contribution >= 0.6 is 11.6 Å². The highest BCUT2D eigenvalue weighted by Crippen LogP contribution is 2.30. The molecule has 2 rings (SSSR count). The third kappa shape index (κ3) is 4.01. The molecule has 1 heterocycles. The summed E-state index contributed by atoms with van der Waals surface area (Å²) in [6.07, 6.45) is 6.34. The number of anilines is 1. The van der Waals surface area contributed by atoms with E-state index in [9.17, 15) is 4.79 Å². The molecule has 108 valence electrons. The molecule has 1 aromatic rings. The minimum absolute atomic E-state index is 0.687. The third-order valence-electron chi connectivity index (χ3n) is 3.75. The average Bonchev–Trinajstić information content (AvgIpc) is 2.61. The maximum atomic E-state index is 10.5. The van der Waals surface area contributed by atoms with Gasteiger partial charge in [0, 0.05) is 19.2 Å². The zero-order valence-corrected chi connectivity index (χ0v) is 12.4. The lowest BCUT2D eigenvalue weighted by molar-refractivity contribution is -0.131. The number of halogens is 1. The molecule has 0 radical (unpaired) electrons. The number of hydrogen-bond acceptors (Lipinski definition) is 2. The molecule has 1 aromatic carbocycles. The Morgan fingerprint density at radius 2 is 2.20 bits per heavy atom. The molecular formula is C16H20ClNO2. The summed E-state index contributed by atoms with van der Waals surface area (Å²) < 4.78 is 0. The number of benzene rings is 1. The van der Waals surface area contributed by atoms with E-state index in [2.05, 4.69) is 11.8 Å². The standard InChI is InChI=1S/C16H20ClNO2/c1-12-3-2-9-18(10-8-12)15-6-4-13(11-14(15)17)5-7-16(19)20/h4-7,11-12H,2-3,8-10H2,1H3,(H,19,20)/b7-5+. The van der Waals surface area contributed by atoms with E-state index in [1.54, 1.807) is 6.08 Å². The molecule has 1 atom stereocenters. The molecule has 4 heteroatoms. The van der Waals surface area contributed by atoms with Crippen molar-refractivity contribution in [3.8, 4) is 0 Å². The first-order chi connectivity index (χ1) is 9.56. The highest BCUT2D eigenvalue weighted by atomic mass is 35.5. The monoisotopic (exact) mass is 293 g/mol. The van der Waals surface area contributed by atoms with Crippen LogP contribution in [0.15, 0.2) is 24.3 Å². The summed E-state index contributed by atoms with van der Waals surface area (Å²) in [7, 11) is 0. The van der Waals surface area contributed by atoms with E-state index in [1.807, 2.05) is 18.2 Å². The fourth-order valence-electron chi connectivity index (χ4n) is 2.55. The topological polar surface area (TPSA) is 40.5 Å². The molecule has 0 aliphatic carbocycles. The largest absolute Gasteiger partial charge is 0.478 e. The first kappa shape index (κ1) is 14.9. The SMILES string of the molecule is CC1CCCN(c2ccc(/C=C/C(=O)O)cc2Cl)CC1. The van der Waals surface area contributed by atoms with Crippen LogP contribution in [0.5, 0.6) is 0 Å². The van der Waals surface area contributed by atoms with E-state index >= 15 is 0 Å². The van der Waals surface area contributed by atoms with Gasteiger partial charge >= 0.3 is 5.97 Å². The van der Waals surface area contributed by atoms with E-state index in [4.69, 9.17) is 16.7 Å². The summed E-state index contributed by atoms with van der Waals surface area (Å²) in [6.45, 7) is 4.37. The van der Waals surface area contributed by atoms with E-state index in [0.29, 0.717) is 5.02 Å². The maximum absolute atomic E-state index is 10.5. The highest BCUT2D eigenvalue weighted by Gasteiger charge is 2.16. The predicted molar refractivity (Wildman–Crippen MR) is 83.3 cm³/mol. The van der Waals surface area contributed by atoms with Crippen LogP contribution in [0.1, 0.15) is 31.7 Å². The van der Waals surface area contributed by atoms with E-state index in [-0.39, 0.29) is 0 Å². The summed E-state index contributed by atoms with van der Waals surface area (Å²) in [6, 6.07) is 5.72. The van der Waals surface area contributed by atoms with Gasteiger partial charge in [0.25, 0.3) is 0 Å². The van der Waals surface area contributed by atoms with Crippen molar-refractivity contribution in [2.24, 2.45) is 5.92 Å². The van der Waals surface area contributed by atoms with Crippen LogP contribution in [-0.4, -0.2) is 24.2 Å². The Hall–Kier alpha value is -1.48. The summed E-state index contributed by atoms with van der Waals surface area (Å²) in [5.74, 6) is -0.178. The Labute approximate surface area is 124 Å². The molecule has 3 nitrogen and oxygen atoms in total. The van der Waals surface area contributed by atoms with Crippen molar-refractivity contribution in [2.45, 2.75) is 26.2 Å². The van der Waals surface area contributed by atoms with Gasteiger partial charge in [-0.15, -0.1) is 0 Å². The minimum Gasteiger partial charge on any atom is -0.478 e. The zero-order chi connectivity index (χ0) is 14.5. The van der Waals surface area contributed by atoms with Crippen molar-refractivity contribution < 1.29 is 9.90 Å². The maximum Gasteiger partial charge on any atom is 0.328 e. The lowest BCUT2D eigenvalue weighted by Crippen LogP contribution is -2.24. The van der Waals surface area contributed by atoms with Gasteiger partial charge < -0.3 is 10.0 Å². The first-order valence-corrected chi connectivity index (χ1v) is 7.39. The first-order valence-electron chi connectivity index (χ1n) is 7.02. The second-order valence-electron chi connectivity index (χ2n) is 5.41. The smallest absolute Gasteiger partial charge is 0.328 e. The van der Waals surface area contributed by atoms with Crippen LogP contribution in [-0.2, 0) is 4.79 Å². The number of rotatable bonds is 3. The molecule has 1 fully saturated rings. The average molecular weight is 294 g/mol. The molecule has 1 unspecified atom stereocenters. The Kier molecular flexibility index (Phi) is 5.07. The van der Waals surface area contributed by atoms with E-state index in [0.717, 1.165) is 36.3 Å². The van der Waals surface area contributed by atoms with Crippen molar-refractivity contribution in [3.05, 3.63) is 34.9 Å². The van der Waals surface area contributed by atoms with Gasteiger partial charge in [-0.25, -0.2) is 4.79 Å².